The largest absolute Gasteiger partial charge is 0.388 e. The van der Waals surface area contributed by atoms with Crippen molar-refractivity contribution in [3.8, 4) is 0 Å². The smallest absolute Gasteiger partial charge is 0.275 e. The second-order valence-electron chi connectivity index (χ2n) is 6.47. The minimum atomic E-state index is -1.02. The summed E-state index contributed by atoms with van der Waals surface area (Å²) in [4.78, 5) is 23.2. The zero-order chi connectivity index (χ0) is 17.9. The van der Waals surface area contributed by atoms with Gasteiger partial charge in [-0.3, -0.25) is 14.9 Å². The fraction of sp³-hybridized carbons (Fsp3) is 0.588. The number of rotatable bonds is 6. The van der Waals surface area contributed by atoms with E-state index < -0.39 is 16.4 Å². The van der Waals surface area contributed by atoms with Gasteiger partial charge in [0.05, 0.1) is 16.1 Å². The first kappa shape index (κ1) is 19.1. The van der Waals surface area contributed by atoms with Crippen LogP contribution in [0.25, 0.3) is 0 Å². The molecular formula is C17H26N2O4. The van der Waals surface area contributed by atoms with Crippen molar-refractivity contribution in [2.45, 2.75) is 53.6 Å². The molecule has 0 aliphatic rings. The molecule has 0 aliphatic carbocycles. The molecule has 0 saturated carbocycles. The topological polar surface area (TPSA) is 92.5 Å². The third-order valence-corrected chi connectivity index (χ3v) is 4.62. The predicted octanol–water partition coefficient (Wildman–Crippen LogP) is 3.05. The van der Waals surface area contributed by atoms with Crippen LogP contribution in [0, 0.1) is 36.8 Å². The number of nitro benzene ring substituents is 1. The average Bonchev–Trinajstić information content (AvgIpc) is 2.43. The van der Waals surface area contributed by atoms with E-state index in [9.17, 15) is 20.0 Å². The second kappa shape index (κ2) is 7.08. The van der Waals surface area contributed by atoms with Gasteiger partial charge in [-0.15, -0.1) is 0 Å². The van der Waals surface area contributed by atoms with Crippen molar-refractivity contribution in [1.29, 1.82) is 0 Å². The van der Waals surface area contributed by atoms with Crippen LogP contribution in [-0.2, 0) is 0 Å². The van der Waals surface area contributed by atoms with Crippen LogP contribution in [0.5, 0.6) is 0 Å². The van der Waals surface area contributed by atoms with Crippen molar-refractivity contribution in [2.75, 3.05) is 6.54 Å². The molecule has 128 valence electrons. The fourth-order valence-corrected chi connectivity index (χ4v) is 2.77. The van der Waals surface area contributed by atoms with Gasteiger partial charge < -0.3 is 10.4 Å². The molecule has 2 atom stereocenters. The van der Waals surface area contributed by atoms with Gasteiger partial charge in [0, 0.05) is 17.7 Å². The number of carbonyl (C=O) groups is 1. The maximum absolute atomic E-state index is 12.5. The zero-order valence-electron chi connectivity index (χ0n) is 14.7. The Labute approximate surface area is 137 Å². The third-order valence-electron chi connectivity index (χ3n) is 4.62. The normalized spacial score (nSPS) is 14.9. The molecule has 0 aromatic heterocycles. The van der Waals surface area contributed by atoms with Crippen LogP contribution in [0.1, 0.15) is 54.2 Å². The summed E-state index contributed by atoms with van der Waals surface area (Å²) < 4.78 is 0. The molecule has 2 N–H and O–H groups in total. The van der Waals surface area contributed by atoms with Crippen molar-refractivity contribution in [3.05, 3.63) is 38.4 Å². The Morgan fingerprint density at radius 3 is 2.43 bits per heavy atom. The van der Waals surface area contributed by atoms with Gasteiger partial charge in [-0.25, -0.2) is 0 Å². The van der Waals surface area contributed by atoms with E-state index in [1.54, 1.807) is 33.8 Å². The summed E-state index contributed by atoms with van der Waals surface area (Å²) in [6.45, 7) is 10.7. The highest BCUT2D eigenvalue weighted by molar-refractivity contribution is 5.98. The average molecular weight is 322 g/mol. The molecule has 1 amide bonds. The van der Waals surface area contributed by atoms with Gasteiger partial charge in [-0.05, 0) is 45.2 Å². The van der Waals surface area contributed by atoms with Crippen molar-refractivity contribution >= 4 is 11.6 Å². The van der Waals surface area contributed by atoms with Crippen molar-refractivity contribution in [2.24, 2.45) is 5.92 Å². The summed E-state index contributed by atoms with van der Waals surface area (Å²) in [5.74, 6) is -0.371. The van der Waals surface area contributed by atoms with Crippen LogP contribution >= 0.6 is 0 Å². The first-order chi connectivity index (χ1) is 10.5. The highest BCUT2D eigenvalue weighted by Gasteiger charge is 2.29. The van der Waals surface area contributed by atoms with Gasteiger partial charge in [0.2, 0.25) is 0 Å². The van der Waals surface area contributed by atoms with Crippen LogP contribution in [0.4, 0.5) is 5.69 Å². The summed E-state index contributed by atoms with van der Waals surface area (Å²) in [6.07, 6.45) is 0.789. The van der Waals surface area contributed by atoms with Gasteiger partial charge in [-0.1, -0.05) is 20.3 Å². The summed E-state index contributed by atoms with van der Waals surface area (Å²) in [5.41, 5.74) is 0.826. The predicted molar refractivity (Wildman–Crippen MR) is 89.7 cm³/mol. The molecule has 0 bridgehead atoms. The van der Waals surface area contributed by atoms with E-state index in [1.165, 1.54) is 0 Å². The number of aliphatic hydroxyl groups is 1. The molecule has 23 heavy (non-hydrogen) atoms. The van der Waals surface area contributed by atoms with Gasteiger partial charge in [-0.2, -0.15) is 0 Å². The number of hydrogen-bond acceptors (Lipinski definition) is 4. The summed E-state index contributed by atoms with van der Waals surface area (Å²) in [5, 5.41) is 24.3. The lowest BCUT2D eigenvalue weighted by molar-refractivity contribution is -0.386. The Morgan fingerprint density at radius 1 is 1.39 bits per heavy atom. The molecule has 1 aromatic rings. The Hall–Kier alpha value is -1.95. The van der Waals surface area contributed by atoms with Crippen LogP contribution < -0.4 is 5.32 Å². The van der Waals surface area contributed by atoms with E-state index in [1.807, 2.05) is 13.8 Å². The van der Waals surface area contributed by atoms with E-state index >= 15 is 0 Å². The van der Waals surface area contributed by atoms with Crippen LogP contribution in [0.2, 0.25) is 0 Å². The van der Waals surface area contributed by atoms with E-state index in [-0.39, 0.29) is 18.2 Å². The molecule has 0 aliphatic heterocycles. The second-order valence-corrected chi connectivity index (χ2v) is 6.47. The lowest BCUT2D eigenvalue weighted by Gasteiger charge is -2.30. The highest BCUT2D eigenvalue weighted by atomic mass is 16.6. The molecule has 0 spiro atoms. The number of amides is 1. The van der Waals surface area contributed by atoms with Gasteiger partial charge in [0.15, 0.2) is 0 Å². The summed E-state index contributed by atoms with van der Waals surface area (Å²) in [7, 11) is 0. The fourth-order valence-electron chi connectivity index (χ4n) is 2.77. The van der Waals surface area contributed by atoms with Crippen LogP contribution in [0.3, 0.4) is 0 Å². The van der Waals surface area contributed by atoms with Crippen LogP contribution in [-0.4, -0.2) is 28.1 Å². The van der Waals surface area contributed by atoms with E-state index in [2.05, 4.69) is 5.32 Å². The number of nitro groups is 1. The minimum absolute atomic E-state index is 0.0253. The standard InChI is InChI=1S/C17H26N2O4/c1-7-12(4)17(6,21)9-18-16(20)14-10(2)8-11(3)15(13(14)5)19(22)23/h8,12,21H,7,9H2,1-6H3,(H,18,20). The minimum Gasteiger partial charge on any atom is -0.388 e. The SMILES string of the molecule is CCC(C)C(C)(O)CNC(=O)c1c(C)cc(C)c([N+](=O)[O-])c1C. The van der Waals surface area contributed by atoms with Crippen molar-refractivity contribution < 1.29 is 14.8 Å². The molecule has 6 heteroatoms. The lowest BCUT2D eigenvalue weighted by atomic mass is 9.88. The molecule has 2 unspecified atom stereocenters. The molecule has 0 radical (unpaired) electrons. The maximum atomic E-state index is 12.5. The highest BCUT2D eigenvalue weighted by Crippen LogP contribution is 2.29. The van der Waals surface area contributed by atoms with E-state index in [4.69, 9.17) is 0 Å². The van der Waals surface area contributed by atoms with Gasteiger partial charge in [0.25, 0.3) is 11.6 Å². The lowest BCUT2D eigenvalue weighted by Crippen LogP contribution is -2.45. The van der Waals surface area contributed by atoms with Crippen molar-refractivity contribution in [1.82, 2.24) is 5.32 Å². The van der Waals surface area contributed by atoms with Crippen molar-refractivity contribution in [3.63, 3.8) is 0 Å². The van der Waals surface area contributed by atoms with Crippen LogP contribution in [0.15, 0.2) is 6.07 Å². The number of aryl methyl sites for hydroxylation is 2. The maximum Gasteiger partial charge on any atom is 0.275 e. The zero-order valence-corrected chi connectivity index (χ0v) is 14.7. The van der Waals surface area contributed by atoms with Gasteiger partial charge >= 0.3 is 0 Å². The molecular weight excluding hydrogens is 296 g/mol. The number of nitrogens with zero attached hydrogens (tertiary/aromatic N) is 1. The number of nitrogens with one attached hydrogen (secondary N) is 1. The molecule has 0 saturated heterocycles. The van der Waals surface area contributed by atoms with Gasteiger partial charge in [0.1, 0.15) is 0 Å². The quantitative estimate of drug-likeness (QED) is 0.622. The molecule has 0 fully saturated rings. The number of benzene rings is 1. The number of hydrogen-bond donors (Lipinski definition) is 2. The Bertz CT molecular complexity index is 624. The molecule has 1 rings (SSSR count). The molecule has 6 nitrogen and oxygen atoms in total. The monoisotopic (exact) mass is 322 g/mol. The third kappa shape index (κ3) is 4.07. The Balaban J connectivity index is 3.10. The Kier molecular flexibility index (Phi) is 5.88. The van der Waals surface area contributed by atoms with E-state index in [0.29, 0.717) is 22.3 Å². The van der Waals surface area contributed by atoms with E-state index in [0.717, 1.165) is 6.42 Å². The molecule has 0 heterocycles. The summed E-state index contributed by atoms with van der Waals surface area (Å²) >= 11 is 0. The first-order valence-electron chi connectivity index (χ1n) is 7.78. The number of carbonyl (C=O) groups excluding carboxylic acids is 1. The molecule has 1 aromatic carbocycles. The Morgan fingerprint density at radius 2 is 1.96 bits per heavy atom. The first-order valence-corrected chi connectivity index (χ1v) is 7.78. The summed E-state index contributed by atoms with van der Waals surface area (Å²) in [6, 6.07) is 1.65.